The minimum atomic E-state index is -3.94. The van der Waals surface area contributed by atoms with Gasteiger partial charge in [-0.1, -0.05) is 30.3 Å². The van der Waals surface area contributed by atoms with Crippen molar-refractivity contribution in [3.05, 3.63) is 60.2 Å². The molecule has 0 atom stereocenters. The molecule has 3 rings (SSSR count). The molecule has 1 fully saturated rings. The number of hydrogen-bond acceptors (Lipinski definition) is 5. The largest absolute Gasteiger partial charge is 0.244 e. The molecule has 0 aromatic heterocycles. The lowest BCUT2D eigenvalue weighted by atomic mass is 10.2. The van der Waals surface area contributed by atoms with Gasteiger partial charge >= 0.3 is 0 Å². The highest BCUT2D eigenvalue weighted by Crippen LogP contribution is 2.24. The Hall–Kier alpha value is -2.25. The van der Waals surface area contributed by atoms with E-state index in [1.807, 2.05) is 12.1 Å². The minimum Gasteiger partial charge on any atom is -0.208 e. The molecule has 2 aromatic rings. The SMILES string of the molecule is N#CCN(Cc1ccccc1)S(=O)(=O)c1ccc(S(=O)(=O)NC2CC2)cc1. The van der Waals surface area contributed by atoms with E-state index in [9.17, 15) is 16.8 Å². The average Bonchev–Trinajstić information content (AvgIpc) is 3.45. The molecule has 142 valence electrons. The normalized spacial score (nSPS) is 14.8. The van der Waals surface area contributed by atoms with Crippen molar-refractivity contribution in [1.29, 1.82) is 5.26 Å². The van der Waals surface area contributed by atoms with Gasteiger partial charge in [0, 0.05) is 12.6 Å². The maximum atomic E-state index is 12.9. The van der Waals surface area contributed by atoms with Crippen LogP contribution in [0, 0.1) is 11.3 Å². The molecule has 0 amide bonds. The summed E-state index contributed by atoms with van der Waals surface area (Å²) < 4.78 is 53.8. The van der Waals surface area contributed by atoms with Crippen molar-refractivity contribution in [2.24, 2.45) is 0 Å². The van der Waals surface area contributed by atoms with E-state index in [4.69, 9.17) is 5.26 Å². The van der Waals surface area contributed by atoms with Gasteiger partial charge in [-0.15, -0.1) is 0 Å². The van der Waals surface area contributed by atoms with Gasteiger partial charge in [0.1, 0.15) is 6.54 Å². The average molecular weight is 406 g/mol. The highest BCUT2D eigenvalue weighted by Gasteiger charge is 2.29. The lowest BCUT2D eigenvalue weighted by Gasteiger charge is -2.19. The third kappa shape index (κ3) is 4.73. The van der Waals surface area contributed by atoms with Crippen LogP contribution in [-0.4, -0.2) is 33.7 Å². The van der Waals surface area contributed by atoms with Crippen molar-refractivity contribution in [2.75, 3.05) is 6.54 Å². The van der Waals surface area contributed by atoms with E-state index in [0.717, 1.165) is 22.7 Å². The lowest BCUT2D eigenvalue weighted by molar-refractivity contribution is 0.441. The topological polar surface area (TPSA) is 107 Å². The van der Waals surface area contributed by atoms with Crippen LogP contribution in [0.5, 0.6) is 0 Å². The molecule has 27 heavy (non-hydrogen) atoms. The first kappa shape index (κ1) is 19.5. The van der Waals surface area contributed by atoms with Gasteiger partial charge < -0.3 is 0 Å². The summed E-state index contributed by atoms with van der Waals surface area (Å²) in [7, 11) is -7.59. The number of rotatable bonds is 8. The van der Waals surface area contributed by atoms with E-state index in [1.165, 1.54) is 24.3 Å². The smallest absolute Gasteiger partial charge is 0.208 e. The Bertz CT molecular complexity index is 1040. The van der Waals surface area contributed by atoms with Gasteiger partial charge in [-0.25, -0.2) is 21.6 Å². The molecule has 1 aliphatic rings. The quantitative estimate of drug-likeness (QED) is 0.674. The molecule has 0 radical (unpaired) electrons. The van der Waals surface area contributed by atoms with Crippen LogP contribution in [0.3, 0.4) is 0 Å². The monoisotopic (exact) mass is 405 g/mol. The Morgan fingerprint density at radius 3 is 2.11 bits per heavy atom. The summed E-state index contributed by atoms with van der Waals surface area (Å²) in [6, 6.07) is 15.8. The molecule has 1 aliphatic carbocycles. The molecule has 9 heteroatoms. The summed E-state index contributed by atoms with van der Waals surface area (Å²) in [5, 5.41) is 9.02. The molecule has 0 aliphatic heterocycles. The zero-order valence-corrected chi connectivity index (χ0v) is 16.1. The maximum Gasteiger partial charge on any atom is 0.244 e. The first-order valence-corrected chi connectivity index (χ1v) is 11.3. The number of nitrogens with zero attached hydrogens (tertiary/aromatic N) is 2. The van der Waals surface area contributed by atoms with E-state index >= 15 is 0 Å². The summed E-state index contributed by atoms with van der Waals surface area (Å²) in [4.78, 5) is -0.0395. The van der Waals surface area contributed by atoms with E-state index < -0.39 is 20.0 Å². The fourth-order valence-corrected chi connectivity index (χ4v) is 5.15. The first-order chi connectivity index (χ1) is 12.8. The van der Waals surface area contributed by atoms with E-state index in [2.05, 4.69) is 4.72 Å². The summed E-state index contributed by atoms with van der Waals surface area (Å²) in [6.07, 6.45) is 1.63. The Morgan fingerprint density at radius 1 is 0.963 bits per heavy atom. The predicted molar refractivity (Wildman–Crippen MR) is 99.4 cm³/mol. The van der Waals surface area contributed by atoms with Crippen LogP contribution in [-0.2, 0) is 26.6 Å². The van der Waals surface area contributed by atoms with Gasteiger partial charge in [-0.2, -0.15) is 9.57 Å². The Morgan fingerprint density at radius 2 is 1.56 bits per heavy atom. The van der Waals surface area contributed by atoms with E-state index in [0.29, 0.717) is 0 Å². The fourth-order valence-electron chi connectivity index (χ4n) is 2.52. The number of benzene rings is 2. The molecule has 0 saturated heterocycles. The van der Waals surface area contributed by atoms with Crippen LogP contribution in [0.25, 0.3) is 0 Å². The number of nitriles is 1. The van der Waals surface area contributed by atoms with Gasteiger partial charge in [0.05, 0.1) is 15.9 Å². The zero-order chi connectivity index (χ0) is 19.5. The standard InChI is InChI=1S/C18H19N3O4S2/c19-12-13-21(14-15-4-2-1-3-5-15)27(24,25)18-10-8-17(9-11-18)26(22,23)20-16-6-7-16/h1-5,8-11,16,20H,6-7,13-14H2. The van der Waals surface area contributed by atoms with Crippen molar-refractivity contribution in [3.8, 4) is 6.07 Å². The second-order valence-electron chi connectivity index (χ2n) is 6.28. The van der Waals surface area contributed by atoms with Crippen molar-refractivity contribution in [3.63, 3.8) is 0 Å². The molecule has 2 aromatic carbocycles. The van der Waals surface area contributed by atoms with Crippen LogP contribution in [0.4, 0.5) is 0 Å². The summed E-state index contributed by atoms with van der Waals surface area (Å²) in [6.45, 7) is -0.249. The van der Waals surface area contributed by atoms with Crippen LogP contribution in [0.2, 0.25) is 0 Å². The van der Waals surface area contributed by atoms with Gasteiger partial charge in [0.15, 0.2) is 0 Å². The first-order valence-electron chi connectivity index (χ1n) is 8.36. The van der Waals surface area contributed by atoms with Crippen molar-refractivity contribution in [2.45, 2.75) is 35.2 Å². The Balaban J connectivity index is 1.84. The van der Waals surface area contributed by atoms with Crippen molar-refractivity contribution < 1.29 is 16.8 Å². The maximum absolute atomic E-state index is 12.9. The number of nitrogens with one attached hydrogen (secondary N) is 1. The van der Waals surface area contributed by atoms with Crippen LogP contribution in [0.1, 0.15) is 18.4 Å². The third-order valence-electron chi connectivity index (χ3n) is 4.12. The number of hydrogen-bond donors (Lipinski definition) is 1. The molecule has 0 unspecified atom stereocenters. The van der Waals surface area contributed by atoms with Crippen LogP contribution in [0.15, 0.2) is 64.4 Å². The zero-order valence-electron chi connectivity index (χ0n) is 14.4. The molecule has 0 spiro atoms. The van der Waals surface area contributed by atoms with E-state index in [-0.39, 0.29) is 28.9 Å². The molecular weight excluding hydrogens is 386 g/mol. The van der Waals surface area contributed by atoms with Gasteiger partial charge in [-0.05, 0) is 42.7 Å². The molecule has 0 bridgehead atoms. The Labute approximate surface area is 159 Å². The van der Waals surface area contributed by atoms with Gasteiger partial charge in [0.2, 0.25) is 20.0 Å². The highest BCUT2D eigenvalue weighted by molar-refractivity contribution is 7.89. The second kappa shape index (κ2) is 7.78. The summed E-state index contributed by atoms with van der Waals surface area (Å²) >= 11 is 0. The highest BCUT2D eigenvalue weighted by atomic mass is 32.2. The van der Waals surface area contributed by atoms with Gasteiger partial charge in [-0.3, -0.25) is 0 Å². The van der Waals surface area contributed by atoms with E-state index in [1.54, 1.807) is 24.3 Å². The fraction of sp³-hybridized carbons (Fsp3) is 0.278. The van der Waals surface area contributed by atoms with Crippen molar-refractivity contribution >= 4 is 20.0 Å². The second-order valence-corrected chi connectivity index (χ2v) is 9.94. The minimum absolute atomic E-state index is 0.0169. The molecular formula is C18H19N3O4S2. The third-order valence-corrected chi connectivity index (χ3v) is 7.46. The predicted octanol–water partition coefficient (Wildman–Crippen LogP) is 1.84. The van der Waals surface area contributed by atoms with Crippen LogP contribution < -0.4 is 4.72 Å². The van der Waals surface area contributed by atoms with Crippen LogP contribution >= 0.6 is 0 Å². The van der Waals surface area contributed by atoms with Gasteiger partial charge in [0.25, 0.3) is 0 Å². The lowest BCUT2D eigenvalue weighted by Crippen LogP contribution is -2.31. The molecule has 7 nitrogen and oxygen atoms in total. The number of sulfonamides is 2. The molecule has 1 N–H and O–H groups in total. The summed E-state index contributed by atoms with van der Waals surface area (Å²) in [5.74, 6) is 0. The van der Waals surface area contributed by atoms with Crippen molar-refractivity contribution in [1.82, 2.24) is 9.03 Å². The summed E-state index contributed by atoms with van der Waals surface area (Å²) in [5.41, 5.74) is 0.754. The molecule has 0 heterocycles. The molecule has 1 saturated carbocycles. The Kier molecular flexibility index (Phi) is 5.62.